The van der Waals surface area contributed by atoms with Crippen LogP contribution in [0.3, 0.4) is 0 Å². The van der Waals surface area contributed by atoms with Crippen molar-refractivity contribution < 1.29 is 4.39 Å². The Morgan fingerprint density at radius 1 is 1.29 bits per heavy atom. The molecule has 0 spiro atoms. The van der Waals surface area contributed by atoms with Crippen molar-refractivity contribution in [3.05, 3.63) is 0 Å². The van der Waals surface area contributed by atoms with Crippen LogP contribution in [0.25, 0.3) is 0 Å². The van der Waals surface area contributed by atoms with E-state index in [1.807, 2.05) is 0 Å². The lowest BCUT2D eigenvalue weighted by atomic mass is 9.89. The first-order valence-electron chi connectivity index (χ1n) is 7.25. The van der Waals surface area contributed by atoms with Crippen LogP contribution in [0.5, 0.6) is 0 Å². The standard InChI is InChI=1S/C14H29FN2/c1-4-6-7-10-14(3,5-2)17-12-8-9-13(15)16-11-12/h12-13,16-17H,4-11H2,1-3H3. The average Bonchev–Trinajstić information content (AvgIpc) is 2.33. The molecular weight excluding hydrogens is 215 g/mol. The van der Waals surface area contributed by atoms with Crippen molar-refractivity contribution in [1.29, 1.82) is 0 Å². The minimum atomic E-state index is -0.791. The highest BCUT2D eigenvalue weighted by Crippen LogP contribution is 2.21. The van der Waals surface area contributed by atoms with E-state index in [0.717, 1.165) is 19.4 Å². The second-order valence-corrected chi connectivity index (χ2v) is 5.67. The normalized spacial score (nSPS) is 28.9. The molecule has 0 aromatic rings. The lowest BCUT2D eigenvalue weighted by Crippen LogP contribution is -2.54. The zero-order valence-corrected chi connectivity index (χ0v) is 11.7. The fourth-order valence-electron chi connectivity index (χ4n) is 2.55. The molecule has 2 nitrogen and oxygen atoms in total. The van der Waals surface area contributed by atoms with Crippen LogP contribution in [0.15, 0.2) is 0 Å². The van der Waals surface area contributed by atoms with E-state index in [0.29, 0.717) is 12.5 Å². The highest BCUT2D eigenvalue weighted by molar-refractivity contribution is 4.88. The van der Waals surface area contributed by atoms with E-state index < -0.39 is 6.30 Å². The Labute approximate surface area is 106 Å². The molecule has 102 valence electrons. The minimum Gasteiger partial charge on any atom is -0.308 e. The Hall–Kier alpha value is -0.150. The van der Waals surface area contributed by atoms with Gasteiger partial charge in [0.05, 0.1) is 0 Å². The van der Waals surface area contributed by atoms with Gasteiger partial charge in [0.1, 0.15) is 0 Å². The Morgan fingerprint density at radius 3 is 2.59 bits per heavy atom. The number of hydrogen-bond donors (Lipinski definition) is 2. The summed E-state index contributed by atoms with van der Waals surface area (Å²) in [7, 11) is 0. The van der Waals surface area contributed by atoms with Crippen LogP contribution in [0.2, 0.25) is 0 Å². The topological polar surface area (TPSA) is 24.1 Å². The molecule has 1 fully saturated rings. The van der Waals surface area contributed by atoms with E-state index in [2.05, 4.69) is 31.4 Å². The molecule has 0 aromatic carbocycles. The van der Waals surface area contributed by atoms with Crippen molar-refractivity contribution in [1.82, 2.24) is 10.6 Å². The first-order valence-corrected chi connectivity index (χ1v) is 7.25. The van der Waals surface area contributed by atoms with E-state index in [1.54, 1.807) is 0 Å². The third-order valence-corrected chi connectivity index (χ3v) is 4.02. The first-order chi connectivity index (χ1) is 8.09. The molecule has 1 aliphatic rings. The maximum Gasteiger partial charge on any atom is 0.151 e. The second kappa shape index (κ2) is 7.32. The van der Waals surface area contributed by atoms with Crippen LogP contribution < -0.4 is 10.6 Å². The lowest BCUT2D eigenvalue weighted by molar-refractivity contribution is 0.169. The van der Waals surface area contributed by atoms with Gasteiger partial charge in [0.2, 0.25) is 0 Å². The summed E-state index contributed by atoms with van der Waals surface area (Å²) < 4.78 is 13.0. The summed E-state index contributed by atoms with van der Waals surface area (Å²) in [4.78, 5) is 0. The predicted octanol–water partition coefficient (Wildman–Crippen LogP) is 3.37. The second-order valence-electron chi connectivity index (χ2n) is 5.67. The molecule has 0 aromatic heterocycles. The van der Waals surface area contributed by atoms with E-state index >= 15 is 0 Å². The number of hydrogen-bond acceptors (Lipinski definition) is 2. The number of alkyl halides is 1. The quantitative estimate of drug-likeness (QED) is 0.530. The van der Waals surface area contributed by atoms with E-state index in [-0.39, 0.29) is 5.54 Å². The van der Waals surface area contributed by atoms with Gasteiger partial charge in [0.25, 0.3) is 0 Å². The molecule has 0 saturated carbocycles. The molecule has 1 aliphatic heterocycles. The summed E-state index contributed by atoms with van der Waals surface area (Å²) in [6, 6.07) is 0.438. The summed E-state index contributed by atoms with van der Waals surface area (Å²) in [5, 5.41) is 6.65. The van der Waals surface area contributed by atoms with Crippen LogP contribution in [-0.4, -0.2) is 24.4 Å². The van der Waals surface area contributed by atoms with Crippen LogP contribution in [-0.2, 0) is 0 Å². The molecule has 0 radical (unpaired) electrons. The zero-order valence-electron chi connectivity index (χ0n) is 11.7. The van der Waals surface area contributed by atoms with E-state index in [1.165, 1.54) is 25.7 Å². The van der Waals surface area contributed by atoms with Crippen molar-refractivity contribution in [3.8, 4) is 0 Å². The van der Waals surface area contributed by atoms with Gasteiger partial charge in [-0.3, -0.25) is 5.32 Å². The van der Waals surface area contributed by atoms with Crippen molar-refractivity contribution in [3.63, 3.8) is 0 Å². The van der Waals surface area contributed by atoms with Crippen LogP contribution in [0, 0.1) is 0 Å². The summed E-state index contributed by atoms with van der Waals surface area (Å²) in [5.74, 6) is 0. The molecule has 1 rings (SSSR count). The molecule has 0 aliphatic carbocycles. The summed E-state index contributed by atoms with van der Waals surface area (Å²) in [6.45, 7) is 7.56. The molecule has 3 unspecified atom stereocenters. The third-order valence-electron chi connectivity index (χ3n) is 4.02. The Balaban J connectivity index is 2.33. The van der Waals surface area contributed by atoms with Crippen molar-refractivity contribution in [2.24, 2.45) is 0 Å². The van der Waals surface area contributed by atoms with Gasteiger partial charge < -0.3 is 5.32 Å². The fourth-order valence-corrected chi connectivity index (χ4v) is 2.55. The Morgan fingerprint density at radius 2 is 2.06 bits per heavy atom. The number of nitrogens with one attached hydrogen (secondary N) is 2. The predicted molar refractivity (Wildman–Crippen MR) is 71.9 cm³/mol. The molecule has 17 heavy (non-hydrogen) atoms. The number of piperidine rings is 1. The van der Waals surface area contributed by atoms with Gasteiger partial charge in [-0.05, 0) is 32.6 Å². The van der Waals surface area contributed by atoms with Crippen LogP contribution in [0.1, 0.15) is 65.7 Å². The molecule has 0 amide bonds. The number of rotatable bonds is 7. The number of halogens is 1. The average molecular weight is 244 g/mol. The van der Waals surface area contributed by atoms with Crippen molar-refractivity contribution >= 4 is 0 Å². The van der Waals surface area contributed by atoms with Gasteiger partial charge in [0.15, 0.2) is 6.30 Å². The summed E-state index contributed by atoms with van der Waals surface area (Å²) in [6.07, 6.45) is 7.06. The van der Waals surface area contributed by atoms with Crippen molar-refractivity contribution in [2.45, 2.75) is 83.6 Å². The van der Waals surface area contributed by atoms with E-state index in [9.17, 15) is 4.39 Å². The fraction of sp³-hybridized carbons (Fsp3) is 1.00. The molecule has 0 bridgehead atoms. The van der Waals surface area contributed by atoms with Gasteiger partial charge in [-0.25, -0.2) is 4.39 Å². The summed E-state index contributed by atoms with van der Waals surface area (Å²) in [5.41, 5.74) is 0.227. The first kappa shape index (κ1) is 14.9. The molecular formula is C14H29FN2. The van der Waals surface area contributed by atoms with Crippen LogP contribution >= 0.6 is 0 Å². The van der Waals surface area contributed by atoms with Gasteiger partial charge in [-0.1, -0.05) is 33.1 Å². The highest BCUT2D eigenvalue weighted by atomic mass is 19.1. The maximum atomic E-state index is 13.0. The SMILES string of the molecule is CCCCCC(C)(CC)NC1CCC(F)NC1. The monoisotopic (exact) mass is 244 g/mol. The molecule has 1 heterocycles. The minimum absolute atomic E-state index is 0.227. The molecule has 2 N–H and O–H groups in total. The van der Waals surface area contributed by atoms with E-state index in [4.69, 9.17) is 0 Å². The Kier molecular flexibility index (Phi) is 6.42. The zero-order chi connectivity index (χ0) is 12.7. The largest absolute Gasteiger partial charge is 0.308 e. The van der Waals surface area contributed by atoms with Gasteiger partial charge >= 0.3 is 0 Å². The van der Waals surface area contributed by atoms with Gasteiger partial charge in [-0.2, -0.15) is 0 Å². The smallest absolute Gasteiger partial charge is 0.151 e. The van der Waals surface area contributed by atoms with Gasteiger partial charge in [0, 0.05) is 18.1 Å². The van der Waals surface area contributed by atoms with Gasteiger partial charge in [-0.15, -0.1) is 0 Å². The molecule has 3 heteroatoms. The Bertz CT molecular complexity index is 202. The maximum absolute atomic E-state index is 13.0. The highest BCUT2D eigenvalue weighted by Gasteiger charge is 2.27. The summed E-state index contributed by atoms with van der Waals surface area (Å²) >= 11 is 0. The third kappa shape index (κ3) is 5.35. The molecule has 3 atom stereocenters. The van der Waals surface area contributed by atoms with Crippen LogP contribution in [0.4, 0.5) is 4.39 Å². The number of unbranched alkanes of at least 4 members (excludes halogenated alkanes) is 2. The van der Waals surface area contributed by atoms with Crippen molar-refractivity contribution in [2.75, 3.05) is 6.54 Å². The lowest BCUT2D eigenvalue weighted by Gasteiger charge is -2.37. The molecule has 1 saturated heterocycles.